The number of hydrogen-bond donors (Lipinski definition) is 2. The number of aliphatic imine (C=N–C) groups is 1. The molecule has 2 N–H and O–H groups in total. The maximum absolute atomic E-state index is 5.69. The number of nitrogens with one attached hydrogen (secondary N) is 2. The van der Waals surface area contributed by atoms with Crippen molar-refractivity contribution in [2.24, 2.45) is 4.99 Å². The van der Waals surface area contributed by atoms with Crippen molar-refractivity contribution in [3.05, 3.63) is 45.9 Å². The molecule has 0 atom stereocenters. The number of benzene rings is 1. The standard InChI is InChI=1S/C17H24N4O2S.HI/c1-13-10-20-16(24-13)11-21-17(18-2)19-8-9-23-12-14-6-4-5-7-15(14)22-3;/h4-7,10H,8-9,11-12H2,1-3H3,(H2,18,19,21);1H. The summed E-state index contributed by atoms with van der Waals surface area (Å²) in [7, 11) is 3.41. The van der Waals surface area contributed by atoms with Crippen molar-refractivity contribution in [3.63, 3.8) is 0 Å². The summed E-state index contributed by atoms with van der Waals surface area (Å²) in [5.74, 6) is 1.59. The normalized spacial score (nSPS) is 10.9. The highest BCUT2D eigenvalue weighted by atomic mass is 127. The predicted octanol–water partition coefficient (Wildman–Crippen LogP) is 2.96. The van der Waals surface area contributed by atoms with Gasteiger partial charge in [-0.15, -0.1) is 35.3 Å². The van der Waals surface area contributed by atoms with Crippen LogP contribution in [0.2, 0.25) is 0 Å². The number of aryl methyl sites for hydroxylation is 1. The number of guanidine groups is 1. The second kappa shape index (κ2) is 12.0. The number of methoxy groups -OCH3 is 1. The lowest BCUT2D eigenvalue weighted by Crippen LogP contribution is -2.38. The number of nitrogens with zero attached hydrogens (tertiary/aromatic N) is 2. The van der Waals surface area contributed by atoms with Crippen molar-refractivity contribution in [1.29, 1.82) is 0 Å². The predicted molar refractivity (Wildman–Crippen MR) is 113 cm³/mol. The van der Waals surface area contributed by atoms with Gasteiger partial charge in [0.15, 0.2) is 5.96 Å². The van der Waals surface area contributed by atoms with Crippen LogP contribution in [0.5, 0.6) is 5.75 Å². The zero-order chi connectivity index (χ0) is 17.2. The molecular weight excluding hydrogens is 451 g/mol. The minimum Gasteiger partial charge on any atom is -0.496 e. The molecule has 0 bridgehead atoms. The van der Waals surface area contributed by atoms with Gasteiger partial charge in [-0.1, -0.05) is 18.2 Å². The molecule has 0 fully saturated rings. The zero-order valence-corrected chi connectivity index (χ0v) is 17.9. The highest BCUT2D eigenvalue weighted by Gasteiger charge is 2.03. The smallest absolute Gasteiger partial charge is 0.191 e. The van der Waals surface area contributed by atoms with Gasteiger partial charge in [0, 0.05) is 30.2 Å². The lowest BCUT2D eigenvalue weighted by atomic mass is 10.2. The zero-order valence-electron chi connectivity index (χ0n) is 14.7. The summed E-state index contributed by atoms with van der Waals surface area (Å²) in [6.45, 7) is 4.49. The second-order valence-electron chi connectivity index (χ2n) is 5.08. The Kier molecular flexibility index (Phi) is 10.4. The molecule has 0 aliphatic heterocycles. The molecule has 1 heterocycles. The van der Waals surface area contributed by atoms with Gasteiger partial charge in [0.2, 0.25) is 0 Å². The third-order valence-electron chi connectivity index (χ3n) is 3.29. The highest BCUT2D eigenvalue weighted by Crippen LogP contribution is 2.17. The monoisotopic (exact) mass is 476 g/mol. The van der Waals surface area contributed by atoms with Gasteiger partial charge in [-0.2, -0.15) is 0 Å². The molecule has 0 aliphatic rings. The largest absolute Gasteiger partial charge is 0.496 e. The summed E-state index contributed by atoms with van der Waals surface area (Å²) in [6.07, 6.45) is 1.88. The Morgan fingerprint density at radius 1 is 1.28 bits per heavy atom. The van der Waals surface area contributed by atoms with Crippen LogP contribution in [-0.2, 0) is 17.9 Å². The van der Waals surface area contributed by atoms with Crippen molar-refractivity contribution in [1.82, 2.24) is 15.6 Å². The van der Waals surface area contributed by atoms with Crippen LogP contribution in [0.3, 0.4) is 0 Å². The Morgan fingerprint density at radius 2 is 2.08 bits per heavy atom. The van der Waals surface area contributed by atoms with E-state index in [-0.39, 0.29) is 24.0 Å². The maximum atomic E-state index is 5.69. The Bertz CT molecular complexity index is 664. The molecule has 6 nitrogen and oxygen atoms in total. The van der Waals surface area contributed by atoms with Gasteiger partial charge >= 0.3 is 0 Å². The molecule has 0 aliphatic carbocycles. The Hall–Kier alpha value is -1.39. The summed E-state index contributed by atoms with van der Waals surface area (Å²) >= 11 is 1.68. The number of hydrogen-bond acceptors (Lipinski definition) is 5. The second-order valence-corrected chi connectivity index (χ2v) is 6.40. The fourth-order valence-corrected chi connectivity index (χ4v) is 2.84. The Morgan fingerprint density at radius 3 is 2.76 bits per heavy atom. The minimum atomic E-state index is 0. The van der Waals surface area contributed by atoms with E-state index >= 15 is 0 Å². The number of halogens is 1. The van der Waals surface area contributed by atoms with Crippen molar-refractivity contribution >= 4 is 41.3 Å². The SMILES string of the molecule is CN=C(NCCOCc1ccccc1OC)NCc1ncc(C)s1.I. The number of aromatic nitrogens is 1. The molecule has 0 saturated carbocycles. The van der Waals surface area contributed by atoms with E-state index in [9.17, 15) is 0 Å². The molecule has 0 amide bonds. The van der Waals surface area contributed by atoms with Gasteiger partial charge in [0.05, 0.1) is 26.9 Å². The van der Waals surface area contributed by atoms with E-state index in [0.29, 0.717) is 26.3 Å². The molecule has 1 aromatic heterocycles. The first kappa shape index (κ1) is 21.7. The van der Waals surface area contributed by atoms with Gasteiger partial charge < -0.3 is 20.1 Å². The van der Waals surface area contributed by atoms with E-state index < -0.39 is 0 Å². The van der Waals surface area contributed by atoms with E-state index in [1.54, 1.807) is 25.5 Å². The van der Waals surface area contributed by atoms with E-state index in [2.05, 4.69) is 20.6 Å². The molecular formula is C17H25IN4O2S. The van der Waals surface area contributed by atoms with Crippen molar-refractivity contribution in [2.45, 2.75) is 20.1 Å². The number of rotatable bonds is 8. The fourth-order valence-electron chi connectivity index (χ4n) is 2.11. The van der Waals surface area contributed by atoms with Crippen LogP contribution >= 0.6 is 35.3 Å². The Balaban J connectivity index is 0.00000312. The summed E-state index contributed by atoms with van der Waals surface area (Å²) in [4.78, 5) is 9.72. The lowest BCUT2D eigenvalue weighted by Gasteiger charge is -2.12. The van der Waals surface area contributed by atoms with Gasteiger partial charge in [-0.25, -0.2) is 4.98 Å². The van der Waals surface area contributed by atoms with Crippen LogP contribution in [0.4, 0.5) is 0 Å². The van der Waals surface area contributed by atoms with E-state index in [1.165, 1.54) is 4.88 Å². The van der Waals surface area contributed by atoms with Gasteiger partial charge in [0.25, 0.3) is 0 Å². The third kappa shape index (κ3) is 7.57. The lowest BCUT2D eigenvalue weighted by molar-refractivity contribution is 0.123. The minimum absolute atomic E-state index is 0. The van der Waals surface area contributed by atoms with E-state index in [1.807, 2.05) is 37.4 Å². The van der Waals surface area contributed by atoms with Crippen LogP contribution in [0, 0.1) is 6.92 Å². The van der Waals surface area contributed by atoms with Crippen LogP contribution in [0.15, 0.2) is 35.5 Å². The number of para-hydroxylation sites is 1. The first-order valence-corrected chi connectivity index (χ1v) is 8.60. The molecule has 2 rings (SSSR count). The van der Waals surface area contributed by atoms with Crippen LogP contribution < -0.4 is 15.4 Å². The quantitative estimate of drug-likeness (QED) is 0.266. The van der Waals surface area contributed by atoms with Crippen LogP contribution in [0.25, 0.3) is 0 Å². The fraction of sp³-hybridized carbons (Fsp3) is 0.412. The molecule has 0 saturated heterocycles. The van der Waals surface area contributed by atoms with Crippen molar-refractivity contribution in [3.8, 4) is 5.75 Å². The summed E-state index contributed by atoms with van der Waals surface area (Å²) in [5, 5.41) is 7.50. The average Bonchev–Trinajstić information content (AvgIpc) is 3.03. The van der Waals surface area contributed by atoms with Crippen molar-refractivity contribution < 1.29 is 9.47 Å². The number of thiazole rings is 1. The third-order valence-corrected chi connectivity index (χ3v) is 4.20. The Labute approximate surface area is 170 Å². The molecule has 0 spiro atoms. The van der Waals surface area contributed by atoms with Crippen LogP contribution in [0.1, 0.15) is 15.4 Å². The first-order valence-electron chi connectivity index (χ1n) is 7.78. The molecule has 0 unspecified atom stereocenters. The molecule has 2 aromatic rings. The van der Waals surface area contributed by atoms with Gasteiger partial charge in [-0.3, -0.25) is 4.99 Å². The van der Waals surface area contributed by atoms with Gasteiger partial charge in [-0.05, 0) is 13.0 Å². The molecule has 8 heteroatoms. The highest BCUT2D eigenvalue weighted by molar-refractivity contribution is 14.0. The summed E-state index contributed by atoms with van der Waals surface area (Å²) in [5.41, 5.74) is 1.04. The van der Waals surface area contributed by atoms with E-state index in [0.717, 1.165) is 22.3 Å². The van der Waals surface area contributed by atoms with Crippen molar-refractivity contribution in [2.75, 3.05) is 27.3 Å². The summed E-state index contributed by atoms with van der Waals surface area (Å²) in [6, 6.07) is 7.86. The first-order chi connectivity index (χ1) is 11.7. The molecule has 1 aromatic carbocycles. The average molecular weight is 476 g/mol. The van der Waals surface area contributed by atoms with E-state index in [4.69, 9.17) is 9.47 Å². The topological polar surface area (TPSA) is 67.8 Å². The molecule has 138 valence electrons. The number of ether oxygens (including phenoxy) is 2. The van der Waals surface area contributed by atoms with Crippen LogP contribution in [-0.4, -0.2) is 38.3 Å². The van der Waals surface area contributed by atoms with Gasteiger partial charge in [0.1, 0.15) is 10.8 Å². The molecule has 25 heavy (non-hydrogen) atoms. The summed E-state index contributed by atoms with van der Waals surface area (Å²) < 4.78 is 11.0. The maximum Gasteiger partial charge on any atom is 0.191 e. The molecule has 0 radical (unpaired) electrons.